The van der Waals surface area contributed by atoms with E-state index in [1.165, 1.54) is 30.4 Å². The van der Waals surface area contributed by atoms with Crippen LogP contribution in [0.3, 0.4) is 0 Å². The third-order valence-electron chi connectivity index (χ3n) is 14.4. The van der Waals surface area contributed by atoms with Crippen molar-refractivity contribution in [2.75, 3.05) is 0 Å². The van der Waals surface area contributed by atoms with Gasteiger partial charge < -0.3 is 0 Å². The van der Waals surface area contributed by atoms with Crippen LogP contribution in [0.15, 0.2) is 84.1 Å². The normalized spacial score (nSPS) is 38.0. The Balaban J connectivity index is 0.000000136. The Morgan fingerprint density at radius 1 is 0.442 bits per heavy atom. The van der Waals surface area contributed by atoms with Gasteiger partial charge in [0.05, 0.1) is 0 Å². The van der Waals surface area contributed by atoms with Gasteiger partial charge in [-0.3, -0.25) is 0 Å². The molecular weight excluding hydrogens is 516 g/mol. The van der Waals surface area contributed by atoms with Crippen LogP contribution in [0.25, 0.3) is 0 Å². The minimum Gasteiger partial charge on any atom is -0.0848 e. The summed E-state index contributed by atoms with van der Waals surface area (Å²) in [6, 6.07) is 0. The summed E-state index contributed by atoms with van der Waals surface area (Å²) in [6.45, 7) is 28.3. The van der Waals surface area contributed by atoms with Crippen molar-refractivity contribution in [1.29, 1.82) is 0 Å². The van der Waals surface area contributed by atoms with Crippen LogP contribution in [0.1, 0.15) is 115 Å². The van der Waals surface area contributed by atoms with Gasteiger partial charge in [-0.15, -0.1) is 0 Å². The molecule has 238 valence electrons. The van der Waals surface area contributed by atoms with E-state index < -0.39 is 0 Å². The molecule has 8 aliphatic rings. The quantitative estimate of drug-likeness (QED) is 0.197. The lowest BCUT2D eigenvalue weighted by Gasteiger charge is -2.52. The lowest BCUT2D eigenvalue weighted by Crippen LogP contribution is -2.47. The van der Waals surface area contributed by atoms with E-state index in [4.69, 9.17) is 0 Å². The third-order valence-corrected chi connectivity index (χ3v) is 14.4. The van der Waals surface area contributed by atoms with Crippen LogP contribution in [0.5, 0.6) is 0 Å². The van der Waals surface area contributed by atoms with Crippen molar-refractivity contribution < 1.29 is 0 Å². The first-order valence-corrected chi connectivity index (χ1v) is 17.7. The molecule has 0 nitrogen and oxygen atoms in total. The minimum absolute atomic E-state index is 0.520. The van der Waals surface area contributed by atoms with Crippen LogP contribution in [0, 0.1) is 69.0 Å². The second kappa shape index (κ2) is 12.9. The predicted octanol–water partition coefficient (Wildman–Crippen LogP) is 12.7. The third kappa shape index (κ3) is 6.33. The van der Waals surface area contributed by atoms with Crippen molar-refractivity contribution in [3.8, 4) is 0 Å². The van der Waals surface area contributed by atoms with Crippen LogP contribution < -0.4 is 0 Å². The van der Waals surface area contributed by atoms with Gasteiger partial charge in [0.2, 0.25) is 0 Å². The molecular formula is C43H66. The van der Waals surface area contributed by atoms with E-state index in [-0.39, 0.29) is 0 Å². The standard InChI is InChI=1S/C16H24.C11H18.C6H12.2C5H6/c1-15(2)11-8-12(16(15,3)4)14-10-6-5-9(7-10)13(11)14;1-10(2)8-5-6-9(7-8)11(10,3)4;1-5(2)6(3)4;2*1-2-4-5-3-1/h5-6,9-14H,7-8H2,1-4H3;5-6,8-9H,7H2,1-4H3;1-4H3;2*1-4H,5H2. The summed E-state index contributed by atoms with van der Waals surface area (Å²) < 4.78 is 0. The fraction of sp³-hybridized carbons (Fsp3) is 0.674. The number of rotatable bonds is 0. The van der Waals surface area contributed by atoms with Gasteiger partial charge in [0.15, 0.2) is 0 Å². The van der Waals surface area contributed by atoms with Crippen molar-refractivity contribution in [2.45, 2.75) is 115 Å². The molecule has 8 atom stereocenters. The van der Waals surface area contributed by atoms with E-state index in [2.05, 4.69) is 156 Å². The van der Waals surface area contributed by atoms with Crippen LogP contribution in [-0.4, -0.2) is 0 Å². The molecule has 4 fully saturated rings. The van der Waals surface area contributed by atoms with E-state index >= 15 is 0 Å². The highest BCUT2D eigenvalue weighted by atomic mass is 14.7. The Hall–Kier alpha value is -1.82. The van der Waals surface area contributed by atoms with Crippen LogP contribution in [0.2, 0.25) is 0 Å². The Morgan fingerprint density at radius 3 is 1.02 bits per heavy atom. The fourth-order valence-corrected chi connectivity index (χ4v) is 9.64. The zero-order valence-electron chi connectivity index (χ0n) is 30.1. The van der Waals surface area contributed by atoms with Crippen molar-refractivity contribution in [1.82, 2.24) is 0 Å². The molecule has 0 aliphatic heterocycles. The summed E-state index contributed by atoms with van der Waals surface area (Å²) in [5, 5.41) is 0. The molecule has 8 unspecified atom stereocenters. The average Bonchev–Trinajstić information content (AvgIpc) is 3.81. The molecule has 43 heavy (non-hydrogen) atoms. The Labute approximate surface area is 267 Å². The SMILES string of the molecule is C1=CCC=C1.C1=CCC=C1.CC(C)=C(C)C.CC1(C)C2C=CC(C2)C1(C)C.CC1(C)C2CC(C3C4C=CC(C4)C32)C1(C)C. The summed E-state index contributed by atoms with van der Waals surface area (Å²) >= 11 is 0. The average molecular weight is 583 g/mol. The van der Waals surface area contributed by atoms with Crippen molar-refractivity contribution >= 4 is 0 Å². The van der Waals surface area contributed by atoms with Gasteiger partial charge in [0.1, 0.15) is 0 Å². The Kier molecular flexibility index (Phi) is 10.2. The van der Waals surface area contributed by atoms with Gasteiger partial charge in [-0.05, 0) is 129 Å². The monoisotopic (exact) mass is 583 g/mol. The molecule has 0 aromatic rings. The highest BCUT2D eigenvalue weighted by Crippen LogP contribution is 2.76. The summed E-state index contributed by atoms with van der Waals surface area (Å²) in [5.41, 5.74) is 5.03. The highest BCUT2D eigenvalue weighted by molar-refractivity contribution is 5.25. The molecule has 0 N–H and O–H groups in total. The maximum absolute atomic E-state index is 2.55. The first-order valence-electron chi connectivity index (χ1n) is 17.7. The second-order valence-electron chi connectivity index (χ2n) is 17.5. The van der Waals surface area contributed by atoms with E-state index in [9.17, 15) is 0 Å². The molecule has 0 radical (unpaired) electrons. The summed E-state index contributed by atoms with van der Waals surface area (Å²) in [6.07, 6.45) is 33.4. The summed E-state index contributed by atoms with van der Waals surface area (Å²) in [5.74, 6) is 7.76. The molecule has 0 spiro atoms. The lowest BCUT2D eigenvalue weighted by atomic mass is 9.52. The van der Waals surface area contributed by atoms with Gasteiger partial charge in [0.25, 0.3) is 0 Å². The predicted molar refractivity (Wildman–Crippen MR) is 191 cm³/mol. The van der Waals surface area contributed by atoms with Crippen LogP contribution in [0.4, 0.5) is 0 Å². The largest absolute Gasteiger partial charge is 0.0848 e. The van der Waals surface area contributed by atoms with E-state index in [1.54, 1.807) is 0 Å². The fourth-order valence-electron chi connectivity index (χ4n) is 9.64. The highest BCUT2D eigenvalue weighted by Gasteiger charge is 2.69. The van der Waals surface area contributed by atoms with Gasteiger partial charge in [-0.25, -0.2) is 0 Å². The number of fused-ring (bicyclic) bond motifs is 11. The molecule has 0 saturated heterocycles. The van der Waals surface area contributed by atoms with Gasteiger partial charge >= 0.3 is 0 Å². The van der Waals surface area contributed by atoms with Crippen molar-refractivity contribution in [2.24, 2.45) is 69.0 Å². The molecule has 0 aromatic carbocycles. The smallest absolute Gasteiger partial charge is 0.0163 e. The maximum Gasteiger partial charge on any atom is -0.0163 e. The van der Waals surface area contributed by atoms with Gasteiger partial charge in [-0.1, -0.05) is 139 Å². The van der Waals surface area contributed by atoms with Crippen LogP contribution in [-0.2, 0) is 0 Å². The summed E-state index contributed by atoms with van der Waals surface area (Å²) in [4.78, 5) is 0. The molecule has 0 heteroatoms. The second-order valence-corrected chi connectivity index (χ2v) is 17.5. The first kappa shape index (κ1) is 34.1. The topological polar surface area (TPSA) is 0 Å². The zero-order valence-corrected chi connectivity index (χ0v) is 30.1. The molecule has 4 saturated carbocycles. The van der Waals surface area contributed by atoms with Crippen molar-refractivity contribution in [3.63, 3.8) is 0 Å². The molecule has 8 aliphatic carbocycles. The summed E-state index contributed by atoms with van der Waals surface area (Å²) in [7, 11) is 0. The van der Waals surface area contributed by atoms with Crippen LogP contribution >= 0.6 is 0 Å². The molecule has 0 amide bonds. The minimum atomic E-state index is 0.520. The molecule has 6 bridgehead atoms. The zero-order chi connectivity index (χ0) is 31.8. The Bertz CT molecular complexity index is 1070. The maximum atomic E-state index is 2.55. The molecule has 8 rings (SSSR count). The van der Waals surface area contributed by atoms with Gasteiger partial charge in [0, 0.05) is 0 Å². The van der Waals surface area contributed by atoms with E-state index in [1.807, 2.05) is 0 Å². The lowest BCUT2D eigenvalue weighted by molar-refractivity contribution is -0.0349. The Morgan fingerprint density at radius 2 is 0.791 bits per heavy atom. The van der Waals surface area contributed by atoms with Crippen molar-refractivity contribution in [3.05, 3.63) is 84.1 Å². The molecule has 0 heterocycles. The van der Waals surface area contributed by atoms with E-state index in [0.717, 1.165) is 60.2 Å². The molecule has 0 aromatic heterocycles. The number of allylic oxidation sites excluding steroid dienone is 14. The number of hydrogen-bond acceptors (Lipinski definition) is 0. The van der Waals surface area contributed by atoms with Gasteiger partial charge in [-0.2, -0.15) is 0 Å². The number of hydrogen-bond donors (Lipinski definition) is 0. The van der Waals surface area contributed by atoms with E-state index in [0.29, 0.717) is 21.7 Å². The first-order chi connectivity index (χ1) is 20.0.